The minimum Gasteiger partial charge on any atom is -0.339 e. The van der Waals surface area contributed by atoms with Gasteiger partial charge in [0.05, 0.1) is 22.2 Å². The lowest BCUT2D eigenvalue weighted by Gasteiger charge is -2.27. The van der Waals surface area contributed by atoms with Crippen LogP contribution in [-0.4, -0.2) is 47.5 Å². The summed E-state index contributed by atoms with van der Waals surface area (Å²) >= 11 is 18.4. The molecule has 0 saturated carbocycles. The maximum Gasteiger partial charge on any atom is 0.357 e. The summed E-state index contributed by atoms with van der Waals surface area (Å²) in [7, 11) is -3.09. The van der Waals surface area contributed by atoms with Crippen molar-refractivity contribution < 1.29 is 8.42 Å². The molecule has 3 aromatic rings. The summed E-state index contributed by atoms with van der Waals surface area (Å²) in [6, 6.07) is 11.5. The van der Waals surface area contributed by atoms with E-state index >= 15 is 0 Å². The highest BCUT2D eigenvalue weighted by molar-refractivity contribution is 7.91. The third-order valence-corrected chi connectivity index (χ3v) is 7.10. The first-order valence-electron chi connectivity index (χ1n) is 8.91. The quantitative estimate of drug-likeness (QED) is 0.564. The van der Waals surface area contributed by atoms with Gasteiger partial charge >= 0.3 is 5.69 Å². The highest BCUT2D eigenvalue weighted by Crippen LogP contribution is 2.31. The van der Waals surface area contributed by atoms with Crippen molar-refractivity contribution in [2.75, 3.05) is 29.5 Å². The number of aromatic nitrogens is 3. The zero-order chi connectivity index (χ0) is 21.5. The summed E-state index contributed by atoms with van der Waals surface area (Å²) in [6.45, 7) is 0.418. The molecule has 1 aliphatic rings. The second-order valence-electron chi connectivity index (χ2n) is 6.70. The molecule has 0 unspecified atom stereocenters. The van der Waals surface area contributed by atoms with Crippen LogP contribution >= 0.6 is 34.8 Å². The van der Waals surface area contributed by atoms with Crippen LogP contribution in [0.5, 0.6) is 0 Å². The molecule has 2 aromatic carbocycles. The van der Waals surface area contributed by atoms with Gasteiger partial charge in [-0.15, -0.1) is 0 Å². The van der Waals surface area contributed by atoms with Crippen molar-refractivity contribution in [3.63, 3.8) is 0 Å². The first-order valence-corrected chi connectivity index (χ1v) is 11.9. The number of sulfone groups is 1. The Kier molecular flexibility index (Phi) is 5.76. The minimum absolute atomic E-state index is 0.0202. The van der Waals surface area contributed by atoms with Gasteiger partial charge in [0.2, 0.25) is 5.95 Å². The van der Waals surface area contributed by atoms with Crippen LogP contribution in [0.4, 0.5) is 5.95 Å². The Balaban J connectivity index is 1.90. The van der Waals surface area contributed by atoms with Crippen molar-refractivity contribution in [2.24, 2.45) is 0 Å². The van der Waals surface area contributed by atoms with Crippen molar-refractivity contribution in [2.45, 2.75) is 0 Å². The second kappa shape index (κ2) is 8.19. The molecule has 0 amide bonds. The summed E-state index contributed by atoms with van der Waals surface area (Å²) in [4.78, 5) is 23.4. The van der Waals surface area contributed by atoms with Gasteiger partial charge in [-0.3, -0.25) is 0 Å². The molecule has 0 radical (unpaired) electrons. The molecule has 4 rings (SSSR count). The van der Waals surface area contributed by atoms with Crippen molar-refractivity contribution in [3.05, 3.63) is 68.0 Å². The summed E-state index contributed by atoms with van der Waals surface area (Å²) in [5, 5.41) is 1.28. The summed E-state index contributed by atoms with van der Waals surface area (Å²) in [5.41, 5.74) is 0.427. The van der Waals surface area contributed by atoms with Gasteiger partial charge in [0, 0.05) is 28.7 Å². The summed E-state index contributed by atoms with van der Waals surface area (Å²) < 4.78 is 24.8. The lowest BCUT2D eigenvalue weighted by molar-refractivity contribution is 0.585. The van der Waals surface area contributed by atoms with Gasteiger partial charge < -0.3 is 4.90 Å². The van der Waals surface area contributed by atoms with E-state index in [1.165, 1.54) is 4.57 Å². The Hall–Kier alpha value is -2.13. The molecular weight excluding hydrogens is 471 g/mol. The van der Waals surface area contributed by atoms with Gasteiger partial charge in [0.25, 0.3) is 0 Å². The number of rotatable bonds is 3. The highest BCUT2D eigenvalue weighted by atomic mass is 35.5. The molecule has 1 fully saturated rings. The largest absolute Gasteiger partial charge is 0.357 e. The SMILES string of the molecule is O=c1nc(N2CCS(=O)(=O)CC2)nc(-c2ccc(Cl)cc2Cl)n1-c1ccc(Cl)cc1. The van der Waals surface area contributed by atoms with Crippen LogP contribution in [0.1, 0.15) is 0 Å². The Morgan fingerprint density at radius 2 is 1.50 bits per heavy atom. The maximum atomic E-state index is 13.0. The molecule has 0 N–H and O–H groups in total. The van der Waals surface area contributed by atoms with E-state index < -0.39 is 15.5 Å². The Labute approximate surface area is 187 Å². The maximum absolute atomic E-state index is 13.0. The molecule has 1 aromatic heterocycles. The van der Waals surface area contributed by atoms with E-state index in [0.29, 0.717) is 26.3 Å². The average molecular weight is 486 g/mol. The molecule has 11 heteroatoms. The molecule has 0 atom stereocenters. The van der Waals surface area contributed by atoms with E-state index in [-0.39, 0.29) is 36.4 Å². The average Bonchev–Trinajstić information content (AvgIpc) is 2.68. The zero-order valence-corrected chi connectivity index (χ0v) is 18.5. The minimum atomic E-state index is -3.09. The first kappa shape index (κ1) is 21.1. The van der Waals surface area contributed by atoms with Crippen molar-refractivity contribution in [3.8, 4) is 17.1 Å². The van der Waals surface area contributed by atoms with E-state index in [4.69, 9.17) is 34.8 Å². The smallest absolute Gasteiger partial charge is 0.339 e. The molecule has 7 nitrogen and oxygen atoms in total. The fourth-order valence-electron chi connectivity index (χ4n) is 3.12. The van der Waals surface area contributed by atoms with E-state index in [9.17, 15) is 13.2 Å². The molecule has 0 spiro atoms. The Morgan fingerprint density at radius 1 is 0.867 bits per heavy atom. The van der Waals surface area contributed by atoms with Crippen molar-refractivity contribution in [1.82, 2.24) is 14.5 Å². The number of nitrogens with zero attached hydrogens (tertiary/aromatic N) is 4. The normalized spacial score (nSPS) is 15.9. The van der Waals surface area contributed by atoms with Gasteiger partial charge in [-0.2, -0.15) is 9.97 Å². The fraction of sp³-hybridized carbons (Fsp3) is 0.211. The number of hydrogen-bond acceptors (Lipinski definition) is 6. The predicted octanol–water partition coefficient (Wildman–Crippen LogP) is 3.49. The molecular formula is C19H15Cl3N4O3S. The van der Waals surface area contributed by atoms with E-state index in [1.807, 2.05) is 0 Å². The van der Waals surface area contributed by atoms with Crippen LogP contribution in [0.2, 0.25) is 15.1 Å². The lowest BCUT2D eigenvalue weighted by Crippen LogP contribution is -2.42. The first-order chi connectivity index (χ1) is 14.2. The fourth-order valence-corrected chi connectivity index (χ4v) is 4.94. The zero-order valence-electron chi connectivity index (χ0n) is 15.4. The molecule has 0 bridgehead atoms. The van der Waals surface area contributed by atoms with Gasteiger partial charge in [-0.05, 0) is 42.5 Å². The molecule has 2 heterocycles. The monoisotopic (exact) mass is 484 g/mol. The van der Waals surface area contributed by atoms with Gasteiger partial charge in [-0.25, -0.2) is 17.8 Å². The Bertz CT molecular complexity index is 1260. The van der Waals surface area contributed by atoms with Crippen LogP contribution < -0.4 is 10.6 Å². The summed E-state index contributed by atoms with van der Waals surface area (Å²) in [6.07, 6.45) is 0. The summed E-state index contributed by atoms with van der Waals surface area (Å²) in [5.74, 6) is 0.380. The third kappa shape index (κ3) is 4.32. The van der Waals surface area contributed by atoms with E-state index in [0.717, 1.165) is 0 Å². The second-order valence-corrected chi connectivity index (χ2v) is 10.3. The van der Waals surface area contributed by atoms with Crippen LogP contribution in [0.3, 0.4) is 0 Å². The molecule has 30 heavy (non-hydrogen) atoms. The van der Waals surface area contributed by atoms with Gasteiger partial charge in [0.1, 0.15) is 0 Å². The van der Waals surface area contributed by atoms with E-state index in [2.05, 4.69) is 9.97 Å². The topological polar surface area (TPSA) is 85.2 Å². The number of hydrogen-bond donors (Lipinski definition) is 0. The van der Waals surface area contributed by atoms with Crippen molar-refractivity contribution >= 4 is 50.6 Å². The van der Waals surface area contributed by atoms with Crippen molar-refractivity contribution in [1.29, 1.82) is 0 Å². The van der Waals surface area contributed by atoms with E-state index in [1.54, 1.807) is 47.4 Å². The number of halogens is 3. The number of anilines is 1. The predicted molar refractivity (Wildman–Crippen MR) is 119 cm³/mol. The van der Waals surface area contributed by atoms with Crippen LogP contribution in [0, 0.1) is 0 Å². The molecule has 156 valence electrons. The highest BCUT2D eigenvalue weighted by Gasteiger charge is 2.25. The van der Waals surface area contributed by atoms with Crippen LogP contribution in [0.25, 0.3) is 17.1 Å². The lowest BCUT2D eigenvalue weighted by atomic mass is 10.2. The third-order valence-electron chi connectivity index (χ3n) is 4.69. The molecule has 0 aliphatic carbocycles. The van der Waals surface area contributed by atoms with Crippen LogP contribution in [0.15, 0.2) is 47.3 Å². The standard InChI is InChI=1S/C19H15Cl3N4O3S/c20-12-1-4-14(5-2-12)26-17(15-6-3-13(21)11-16(15)22)23-18(24-19(26)27)25-7-9-30(28,29)10-8-25/h1-6,11H,7-10H2. The molecule has 1 aliphatic heterocycles. The van der Waals surface area contributed by atoms with Gasteiger partial charge in [-0.1, -0.05) is 34.8 Å². The van der Waals surface area contributed by atoms with Gasteiger partial charge in [0.15, 0.2) is 15.7 Å². The number of benzene rings is 2. The van der Waals surface area contributed by atoms with Crippen LogP contribution in [-0.2, 0) is 9.84 Å². The Morgan fingerprint density at radius 3 is 2.13 bits per heavy atom. The molecule has 1 saturated heterocycles.